The summed E-state index contributed by atoms with van der Waals surface area (Å²) in [5, 5.41) is 22.0. The lowest BCUT2D eigenvalue weighted by Crippen LogP contribution is -2.15. The summed E-state index contributed by atoms with van der Waals surface area (Å²) in [4.78, 5) is 25.4. The SMILES string of the molecule is COc1ccc2c(O)c(Cc3c(O)c4ccc(OC)c(OC)c4oc3=O)c(=O)oc2c1OC. The van der Waals surface area contributed by atoms with E-state index < -0.39 is 29.2 Å². The molecular weight excluding hydrogens is 436 g/mol. The van der Waals surface area contributed by atoms with Crippen LogP contribution in [-0.2, 0) is 6.42 Å². The van der Waals surface area contributed by atoms with Crippen molar-refractivity contribution in [3.05, 3.63) is 56.2 Å². The van der Waals surface area contributed by atoms with Crippen molar-refractivity contribution < 1.29 is 38.0 Å². The maximum absolute atomic E-state index is 12.7. The van der Waals surface area contributed by atoms with Crippen LogP contribution in [0.1, 0.15) is 11.1 Å². The number of rotatable bonds is 6. The second kappa shape index (κ2) is 8.30. The minimum atomic E-state index is -0.919. The van der Waals surface area contributed by atoms with Crippen molar-refractivity contribution in [1.29, 1.82) is 0 Å². The van der Waals surface area contributed by atoms with Crippen molar-refractivity contribution in [3.63, 3.8) is 0 Å². The molecule has 10 nitrogen and oxygen atoms in total. The Kier molecular flexibility index (Phi) is 5.50. The van der Waals surface area contributed by atoms with Gasteiger partial charge in [0, 0.05) is 6.42 Å². The highest BCUT2D eigenvalue weighted by Crippen LogP contribution is 2.41. The van der Waals surface area contributed by atoms with Gasteiger partial charge in [0.1, 0.15) is 11.5 Å². The summed E-state index contributed by atoms with van der Waals surface area (Å²) in [6, 6.07) is 6.04. The van der Waals surface area contributed by atoms with Crippen LogP contribution in [0.25, 0.3) is 21.9 Å². The van der Waals surface area contributed by atoms with Crippen molar-refractivity contribution in [3.8, 4) is 34.5 Å². The fourth-order valence-electron chi connectivity index (χ4n) is 3.69. The van der Waals surface area contributed by atoms with Crippen LogP contribution in [-0.4, -0.2) is 38.7 Å². The first kappa shape index (κ1) is 21.9. The monoisotopic (exact) mass is 456 g/mol. The van der Waals surface area contributed by atoms with Gasteiger partial charge in [-0.05, 0) is 24.3 Å². The average molecular weight is 456 g/mol. The predicted octanol–water partition coefficient (Wildman–Crippen LogP) is 2.94. The first-order valence-electron chi connectivity index (χ1n) is 9.65. The molecule has 0 saturated carbocycles. The molecule has 0 aliphatic rings. The van der Waals surface area contributed by atoms with E-state index in [4.69, 9.17) is 27.8 Å². The highest BCUT2D eigenvalue weighted by Gasteiger charge is 2.24. The van der Waals surface area contributed by atoms with Crippen LogP contribution in [0.3, 0.4) is 0 Å². The standard InChI is InChI=1S/C23H20O10/c1-28-14-7-5-10-16(24)12(22(26)32-18(10)20(14)30-3)9-13-17(25)11-6-8-15(29-2)21(31-4)19(11)33-23(13)27/h5-8,24-25H,9H2,1-4H3. The molecule has 0 amide bonds. The quantitative estimate of drug-likeness (QED) is 0.417. The summed E-state index contributed by atoms with van der Waals surface area (Å²) in [7, 11) is 5.57. The highest BCUT2D eigenvalue weighted by atomic mass is 16.5. The first-order valence-corrected chi connectivity index (χ1v) is 9.65. The molecule has 0 aliphatic heterocycles. The molecule has 2 heterocycles. The van der Waals surface area contributed by atoms with E-state index >= 15 is 0 Å². The second-order valence-corrected chi connectivity index (χ2v) is 6.97. The fraction of sp³-hybridized carbons (Fsp3) is 0.217. The lowest BCUT2D eigenvalue weighted by Gasteiger charge is -2.13. The van der Waals surface area contributed by atoms with Crippen molar-refractivity contribution in [1.82, 2.24) is 0 Å². The van der Waals surface area contributed by atoms with Gasteiger partial charge in [-0.2, -0.15) is 0 Å². The van der Waals surface area contributed by atoms with Gasteiger partial charge in [0.2, 0.25) is 11.5 Å². The largest absolute Gasteiger partial charge is 0.507 e. The van der Waals surface area contributed by atoms with Gasteiger partial charge in [0.05, 0.1) is 50.3 Å². The van der Waals surface area contributed by atoms with Crippen LogP contribution < -0.4 is 30.2 Å². The summed E-state index contributed by atoms with van der Waals surface area (Å²) < 4.78 is 31.6. The molecule has 172 valence electrons. The summed E-state index contributed by atoms with van der Waals surface area (Å²) >= 11 is 0. The van der Waals surface area contributed by atoms with Crippen LogP contribution in [0.15, 0.2) is 42.7 Å². The van der Waals surface area contributed by atoms with Gasteiger partial charge in [-0.3, -0.25) is 0 Å². The first-order chi connectivity index (χ1) is 15.9. The van der Waals surface area contributed by atoms with E-state index in [2.05, 4.69) is 0 Å². The smallest absolute Gasteiger partial charge is 0.343 e. The van der Waals surface area contributed by atoms with Gasteiger partial charge in [-0.1, -0.05) is 0 Å². The molecule has 0 fully saturated rings. The van der Waals surface area contributed by atoms with E-state index in [1.54, 1.807) is 0 Å². The normalized spacial score (nSPS) is 11.0. The van der Waals surface area contributed by atoms with Crippen molar-refractivity contribution in [2.24, 2.45) is 0 Å². The summed E-state index contributed by atoms with van der Waals surface area (Å²) in [5.41, 5.74) is -2.35. The Hall–Kier alpha value is -4.34. The number of hydrogen-bond donors (Lipinski definition) is 2. The topological polar surface area (TPSA) is 138 Å². The minimum Gasteiger partial charge on any atom is -0.507 e. The van der Waals surface area contributed by atoms with Gasteiger partial charge in [0.25, 0.3) is 0 Å². The highest BCUT2D eigenvalue weighted by molar-refractivity contribution is 5.92. The third-order valence-corrected chi connectivity index (χ3v) is 5.32. The molecule has 0 spiro atoms. The molecule has 4 rings (SSSR count). The molecule has 33 heavy (non-hydrogen) atoms. The zero-order valence-electron chi connectivity index (χ0n) is 18.2. The van der Waals surface area contributed by atoms with Gasteiger partial charge in [-0.25, -0.2) is 9.59 Å². The van der Waals surface area contributed by atoms with E-state index in [1.165, 1.54) is 52.7 Å². The van der Waals surface area contributed by atoms with E-state index in [0.717, 1.165) is 0 Å². The predicted molar refractivity (Wildman–Crippen MR) is 117 cm³/mol. The summed E-state index contributed by atoms with van der Waals surface area (Å²) in [6.07, 6.45) is -0.448. The average Bonchev–Trinajstić information content (AvgIpc) is 2.81. The zero-order chi connectivity index (χ0) is 23.9. The van der Waals surface area contributed by atoms with Crippen LogP contribution >= 0.6 is 0 Å². The summed E-state index contributed by atoms with van der Waals surface area (Å²) in [6.45, 7) is 0. The molecule has 0 bridgehead atoms. The number of hydrogen-bond acceptors (Lipinski definition) is 10. The second-order valence-electron chi connectivity index (χ2n) is 6.97. The number of methoxy groups -OCH3 is 4. The van der Waals surface area contributed by atoms with E-state index in [-0.39, 0.29) is 44.6 Å². The Balaban J connectivity index is 1.92. The van der Waals surface area contributed by atoms with Crippen LogP contribution in [0.2, 0.25) is 0 Å². The number of fused-ring (bicyclic) bond motifs is 2. The molecule has 0 radical (unpaired) electrons. The van der Waals surface area contributed by atoms with Crippen molar-refractivity contribution >= 4 is 21.9 Å². The van der Waals surface area contributed by atoms with Gasteiger partial charge < -0.3 is 38.0 Å². The number of aromatic hydroxyl groups is 2. The minimum absolute atomic E-state index is 0.0188. The van der Waals surface area contributed by atoms with Crippen LogP contribution in [0.4, 0.5) is 0 Å². The molecule has 2 aromatic carbocycles. The molecule has 10 heteroatoms. The van der Waals surface area contributed by atoms with Gasteiger partial charge in [0.15, 0.2) is 22.7 Å². The van der Waals surface area contributed by atoms with Gasteiger partial charge >= 0.3 is 11.3 Å². The number of ether oxygens (including phenoxy) is 4. The molecule has 2 N–H and O–H groups in total. The lowest BCUT2D eigenvalue weighted by molar-refractivity contribution is 0.350. The molecule has 2 aromatic heterocycles. The molecule has 4 aromatic rings. The Labute approximate surface area is 186 Å². The van der Waals surface area contributed by atoms with Crippen LogP contribution in [0, 0.1) is 0 Å². The maximum Gasteiger partial charge on any atom is 0.343 e. The third-order valence-electron chi connectivity index (χ3n) is 5.32. The Morgan fingerprint density at radius 1 is 0.667 bits per heavy atom. The number of benzene rings is 2. The van der Waals surface area contributed by atoms with Gasteiger partial charge in [-0.15, -0.1) is 0 Å². The molecular formula is C23H20O10. The van der Waals surface area contributed by atoms with E-state index in [9.17, 15) is 19.8 Å². The Morgan fingerprint density at radius 3 is 1.39 bits per heavy atom. The van der Waals surface area contributed by atoms with Crippen molar-refractivity contribution in [2.75, 3.05) is 28.4 Å². The maximum atomic E-state index is 12.7. The molecule has 0 saturated heterocycles. The lowest BCUT2D eigenvalue weighted by atomic mass is 10.0. The van der Waals surface area contributed by atoms with Crippen LogP contribution in [0.5, 0.6) is 34.5 Å². The molecule has 0 aliphatic carbocycles. The molecule has 0 unspecified atom stereocenters. The Bertz CT molecular complexity index is 1380. The Morgan fingerprint density at radius 2 is 1.06 bits per heavy atom. The third kappa shape index (κ3) is 3.36. The van der Waals surface area contributed by atoms with Crippen molar-refractivity contribution in [2.45, 2.75) is 6.42 Å². The summed E-state index contributed by atoms with van der Waals surface area (Å²) in [5.74, 6) is 0.0166. The zero-order valence-corrected chi connectivity index (χ0v) is 18.2. The van der Waals surface area contributed by atoms with E-state index in [1.807, 2.05) is 0 Å². The molecule has 0 atom stereocenters. The van der Waals surface area contributed by atoms with E-state index in [0.29, 0.717) is 11.5 Å². The fourth-order valence-corrected chi connectivity index (χ4v) is 3.69.